The van der Waals surface area contributed by atoms with Gasteiger partial charge < -0.3 is 11.5 Å². The lowest BCUT2D eigenvalue weighted by molar-refractivity contribution is 0.0490. The highest BCUT2D eigenvalue weighted by Crippen LogP contribution is 2.90. The van der Waals surface area contributed by atoms with Crippen LogP contribution in [0.5, 0.6) is 0 Å². The van der Waals surface area contributed by atoms with Gasteiger partial charge in [-0.3, -0.25) is 0 Å². The maximum Gasteiger partial charge on any atom is 0.0770 e. The van der Waals surface area contributed by atoms with Crippen molar-refractivity contribution in [3.8, 4) is 0 Å². The molecule has 3 fully saturated rings. The van der Waals surface area contributed by atoms with Crippen molar-refractivity contribution in [1.82, 2.24) is 0 Å². The zero-order valence-electron chi connectivity index (χ0n) is 12.9. The van der Waals surface area contributed by atoms with E-state index in [9.17, 15) is 0 Å². The summed E-state index contributed by atoms with van der Waals surface area (Å²) in [6, 6.07) is 12.5. The largest absolute Gasteiger partial charge is 0.399 e. The third-order valence-corrected chi connectivity index (χ3v) is 9.75. The number of anilines is 2. The van der Waals surface area contributed by atoms with E-state index in [1.807, 2.05) is 12.1 Å². The standard InChI is InChI=1S/C19H19N3S/c20-12-1-3-14-16(7-12)23(17-8-13(21)2-4-15(17)22-14)19-9-11-5-6-18(11,19)10-19/h1-4,7-8,11H,5-6,9-10,20-21H2. The van der Waals surface area contributed by atoms with Gasteiger partial charge in [0.2, 0.25) is 0 Å². The Kier molecular flexibility index (Phi) is 1.99. The van der Waals surface area contributed by atoms with Crippen LogP contribution in [0.15, 0.2) is 46.3 Å². The van der Waals surface area contributed by atoms with Crippen LogP contribution in [0.3, 0.4) is 0 Å². The lowest BCUT2D eigenvalue weighted by Gasteiger charge is -2.54. The molecular weight excluding hydrogens is 302 g/mol. The van der Waals surface area contributed by atoms with E-state index in [1.54, 1.807) is 0 Å². The fourth-order valence-electron chi connectivity index (χ4n) is 5.44. The molecule has 3 saturated carbocycles. The van der Waals surface area contributed by atoms with Crippen molar-refractivity contribution >= 4 is 27.5 Å². The number of rotatable bonds is 1. The third-order valence-electron chi connectivity index (χ3n) is 6.72. The summed E-state index contributed by atoms with van der Waals surface area (Å²) >= 11 is 0. The number of hydrogen-bond donors (Lipinski definition) is 2. The topological polar surface area (TPSA) is 64.4 Å². The monoisotopic (exact) mass is 321 g/mol. The molecule has 1 spiro atoms. The summed E-state index contributed by atoms with van der Waals surface area (Å²) < 4.78 is 1.84. The molecule has 0 radical (unpaired) electrons. The fraction of sp³-hybridized carbons (Fsp3) is 0.368. The Labute approximate surface area is 137 Å². The maximum atomic E-state index is 6.12. The number of nitrogens with two attached hydrogens (primary N) is 2. The molecule has 2 aromatic rings. The summed E-state index contributed by atoms with van der Waals surface area (Å²) in [5.41, 5.74) is 15.7. The van der Waals surface area contributed by atoms with E-state index < -0.39 is 0 Å². The highest BCUT2D eigenvalue weighted by Gasteiger charge is 2.83. The van der Waals surface area contributed by atoms with Crippen LogP contribution in [0.25, 0.3) is 0 Å². The number of fused-ring (bicyclic) bond motifs is 2. The molecule has 0 saturated heterocycles. The zero-order valence-corrected chi connectivity index (χ0v) is 13.7. The van der Waals surface area contributed by atoms with Crippen molar-refractivity contribution in [2.45, 2.75) is 35.3 Å². The van der Waals surface area contributed by atoms with Crippen molar-refractivity contribution in [2.24, 2.45) is 16.3 Å². The number of nitrogen functional groups attached to an aromatic ring is 2. The van der Waals surface area contributed by atoms with Crippen molar-refractivity contribution in [1.29, 1.82) is 0 Å². The summed E-state index contributed by atoms with van der Waals surface area (Å²) in [7, 11) is 0.0729. The molecule has 23 heavy (non-hydrogen) atoms. The van der Waals surface area contributed by atoms with Crippen LogP contribution in [-0.4, -0.2) is 4.75 Å². The van der Waals surface area contributed by atoms with Gasteiger partial charge in [-0.1, -0.05) is 0 Å². The number of nitrogens with zero attached hydrogens (tertiary/aromatic N) is 1. The molecule has 1 heterocycles. The Bertz CT molecular complexity index is 1020. The van der Waals surface area contributed by atoms with Gasteiger partial charge in [0.1, 0.15) is 0 Å². The predicted molar refractivity (Wildman–Crippen MR) is 94.3 cm³/mol. The van der Waals surface area contributed by atoms with E-state index in [0.29, 0.717) is 10.2 Å². The van der Waals surface area contributed by atoms with Gasteiger partial charge in [0.05, 0.1) is 11.0 Å². The first-order valence-electron chi connectivity index (χ1n) is 8.38. The Morgan fingerprint density at radius 2 is 1.91 bits per heavy atom. The van der Waals surface area contributed by atoms with Crippen LogP contribution in [0.2, 0.25) is 0 Å². The maximum absolute atomic E-state index is 6.12. The van der Waals surface area contributed by atoms with Gasteiger partial charge in [0, 0.05) is 25.5 Å². The van der Waals surface area contributed by atoms with Gasteiger partial charge in [-0.25, -0.2) is 4.99 Å². The van der Waals surface area contributed by atoms with Crippen molar-refractivity contribution in [2.75, 3.05) is 11.5 Å². The van der Waals surface area contributed by atoms with Crippen LogP contribution in [0.1, 0.15) is 25.7 Å². The van der Waals surface area contributed by atoms with E-state index in [0.717, 1.165) is 28.3 Å². The minimum atomic E-state index is 0.0729. The second-order valence-corrected chi connectivity index (χ2v) is 9.91. The molecule has 4 unspecified atom stereocenters. The van der Waals surface area contributed by atoms with Gasteiger partial charge in [-0.2, -0.15) is 0 Å². The molecular formula is C19H19N3S. The van der Waals surface area contributed by atoms with Crippen LogP contribution in [-0.2, 0) is 0 Å². The molecule has 0 amide bonds. The smallest absolute Gasteiger partial charge is 0.0770 e. The molecule has 4 N–H and O–H groups in total. The first-order chi connectivity index (χ1) is 11.1. The normalized spacial score (nSPS) is 37.9. The van der Waals surface area contributed by atoms with Crippen molar-refractivity contribution in [3.63, 3.8) is 0 Å². The molecule has 6 rings (SSSR count). The lowest BCUT2D eigenvalue weighted by atomic mass is 9.58. The summed E-state index contributed by atoms with van der Waals surface area (Å²) in [5.74, 6) is 0.989. The van der Waals surface area contributed by atoms with Gasteiger partial charge in [0.15, 0.2) is 0 Å². The quantitative estimate of drug-likeness (QED) is 0.622. The van der Waals surface area contributed by atoms with E-state index in [-0.39, 0.29) is 10.5 Å². The molecule has 1 aliphatic heterocycles. The molecule has 3 nitrogen and oxygen atoms in total. The summed E-state index contributed by atoms with van der Waals surface area (Å²) in [6.45, 7) is 0. The van der Waals surface area contributed by atoms with E-state index >= 15 is 0 Å². The lowest BCUT2D eigenvalue weighted by Crippen LogP contribution is -2.47. The average Bonchev–Trinajstić information content (AvgIpc) is 3.18. The first-order valence-corrected chi connectivity index (χ1v) is 9.61. The van der Waals surface area contributed by atoms with E-state index in [2.05, 4.69) is 24.3 Å². The van der Waals surface area contributed by atoms with E-state index in [4.69, 9.17) is 16.5 Å². The van der Waals surface area contributed by atoms with Gasteiger partial charge in [0.25, 0.3) is 0 Å². The Hall–Kier alpha value is -1.81. The van der Waals surface area contributed by atoms with Crippen molar-refractivity contribution < 1.29 is 0 Å². The Balaban J connectivity index is 1.72. The summed E-state index contributed by atoms with van der Waals surface area (Å²) in [4.78, 5) is 6.24. The number of benzene rings is 2. The Morgan fingerprint density at radius 1 is 1.09 bits per heavy atom. The molecule has 4 atom stereocenters. The first kappa shape index (κ1) is 12.6. The second-order valence-electron chi connectivity index (χ2n) is 7.64. The SMILES string of the molecule is Nc1ccc2c(c1)S(C13CC4CCC41C3)=c1cc(N)ccc1=N2. The van der Waals surface area contributed by atoms with Crippen LogP contribution in [0.4, 0.5) is 17.1 Å². The molecule has 2 aromatic carbocycles. The van der Waals surface area contributed by atoms with Crippen molar-refractivity contribution in [3.05, 3.63) is 46.3 Å². The number of hydrogen-bond acceptors (Lipinski definition) is 3. The fourth-order valence-corrected chi connectivity index (χ4v) is 9.11. The second kappa shape index (κ2) is 3.64. The van der Waals surface area contributed by atoms with Gasteiger partial charge in [-0.15, -0.1) is 10.5 Å². The summed E-state index contributed by atoms with van der Waals surface area (Å²) in [5, 5.41) is 1.11. The Morgan fingerprint density at radius 3 is 2.61 bits per heavy atom. The van der Waals surface area contributed by atoms with Crippen LogP contribution >= 0.6 is 10.5 Å². The zero-order chi connectivity index (χ0) is 15.4. The molecule has 0 aromatic heterocycles. The highest BCUT2D eigenvalue weighted by molar-refractivity contribution is 8.11. The van der Waals surface area contributed by atoms with Crippen LogP contribution in [0, 0.1) is 15.8 Å². The molecule has 116 valence electrons. The predicted octanol–water partition coefficient (Wildman–Crippen LogP) is 3.64. The third kappa shape index (κ3) is 1.28. The highest BCUT2D eigenvalue weighted by atomic mass is 32.2. The molecule has 4 heteroatoms. The molecule has 4 aliphatic rings. The van der Waals surface area contributed by atoms with Gasteiger partial charge >= 0.3 is 0 Å². The van der Waals surface area contributed by atoms with Crippen LogP contribution < -0.4 is 16.8 Å². The van der Waals surface area contributed by atoms with E-state index in [1.165, 1.54) is 35.1 Å². The minimum Gasteiger partial charge on any atom is -0.399 e. The molecule has 0 bridgehead atoms. The van der Waals surface area contributed by atoms with Gasteiger partial charge in [-0.05, 0) is 73.4 Å². The average molecular weight is 321 g/mol. The molecule has 3 aliphatic carbocycles. The minimum absolute atomic E-state index is 0.0729. The summed E-state index contributed by atoms with van der Waals surface area (Å²) in [6.07, 6.45) is 5.65.